The minimum absolute atomic E-state index is 0.299. The van der Waals surface area contributed by atoms with Crippen LogP contribution in [0, 0.1) is 6.92 Å². The second kappa shape index (κ2) is 2.51. The van der Waals surface area contributed by atoms with Crippen molar-refractivity contribution in [3.63, 3.8) is 0 Å². The monoisotopic (exact) mass is 176 g/mol. The molecule has 4 N–H and O–H groups in total. The number of aromatic amines is 1. The number of hydrogen-bond donors (Lipinski definition) is 3. The van der Waals surface area contributed by atoms with Crippen LogP contribution < -0.4 is 9.86 Å². The summed E-state index contributed by atoms with van der Waals surface area (Å²) in [7, 11) is -3.69. The highest BCUT2D eigenvalue weighted by Crippen LogP contribution is 2.08. The second-order valence-corrected chi connectivity index (χ2v) is 3.37. The standard InChI is InChI=1S/C4H8N4O2S/c1-3-2-6-7-4(3)8-11(5,9)10/h2H,1H3,(H2,5,9,10)(H2,6,7,8). The molecule has 62 valence electrons. The quantitative estimate of drug-likeness (QED) is 0.557. The summed E-state index contributed by atoms with van der Waals surface area (Å²) >= 11 is 0. The third-order valence-corrected chi connectivity index (χ3v) is 1.56. The van der Waals surface area contributed by atoms with Crippen molar-refractivity contribution in [2.75, 3.05) is 4.72 Å². The molecule has 1 aromatic heterocycles. The van der Waals surface area contributed by atoms with Crippen LogP contribution in [0.5, 0.6) is 0 Å². The first kappa shape index (κ1) is 8.02. The van der Waals surface area contributed by atoms with Gasteiger partial charge in [0.2, 0.25) is 0 Å². The van der Waals surface area contributed by atoms with Gasteiger partial charge in [-0.15, -0.1) is 0 Å². The first-order chi connectivity index (χ1) is 4.99. The van der Waals surface area contributed by atoms with Gasteiger partial charge in [-0.25, -0.2) is 5.14 Å². The molecule has 1 rings (SSSR count). The molecule has 0 bridgehead atoms. The molecule has 0 fully saturated rings. The third-order valence-electron chi connectivity index (χ3n) is 1.07. The molecule has 6 nitrogen and oxygen atoms in total. The molecule has 0 amide bonds. The second-order valence-electron chi connectivity index (χ2n) is 2.08. The summed E-state index contributed by atoms with van der Waals surface area (Å²) in [5.74, 6) is 0.299. The molecule has 0 aliphatic rings. The molecular weight excluding hydrogens is 168 g/mol. The fourth-order valence-electron chi connectivity index (χ4n) is 0.592. The molecule has 1 aromatic rings. The maximum atomic E-state index is 10.5. The predicted molar refractivity (Wildman–Crippen MR) is 40.1 cm³/mol. The normalized spacial score (nSPS) is 11.5. The number of aromatic nitrogens is 2. The van der Waals surface area contributed by atoms with E-state index in [1.807, 2.05) is 0 Å². The van der Waals surface area contributed by atoms with Gasteiger partial charge in [-0.05, 0) is 6.92 Å². The van der Waals surface area contributed by atoms with Crippen LogP contribution in [0.1, 0.15) is 5.56 Å². The van der Waals surface area contributed by atoms with E-state index in [0.717, 1.165) is 0 Å². The number of anilines is 1. The van der Waals surface area contributed by atoms with Crippen molar-refractivity contribution in [3.05, 3.63) is 11.8 Å². The van der Waals surface area contributed by atoms with Crippen LogP contribution in [0.3, 0.4) is 0 Å². The van der Waals surface area contributed by atoms with Crippen LogP contribution in [-0.2, 0) is 10.2 Å². The summed E-state index contributed by atoms with van der Waals surface area (Å²) in [5.41, 5.74) is 0.694. The SMILES string of the molecule is Cc1cn[nH]c1NS(N)(=O)=O. The number of rotatable bonds is 2. The zero-order valence-electron chi connectivity index (χ0n) is 5.83. The van der Waals surface area contributed by atoms with Gasteiger partial charge in [0.05, 0.1) is 6.20 Å². The number of hydrogen-bond acceptors (Lipinski definition) is 3. The van der Waals surface area contributed by atoms with E-state index in [0.29, 0.717) is 11.4 Å². The van der Waals surface area contributed by atoms with Gasteiger partial charge >= 0.3 is 0 Å². The Morgan fingerprint density at radius 1 is 1.73 bits per heavy atom. The lowest BCUT2D eigenvalue weighted by Crippen LogP contribution is -2.22. The Morgan fingerprint density at radius 2 is 2.36 bits per heavy atom. The van der Waals surface area contributed by atoms with E-state index < -0.39 is 10.2 Å². The van der Waals surface area contributed by atoms with Crippen LogP contribution in [-0.4, -0.2) is 18.6 Å². The van der Waals surface area contributed by atoms with Gasteiger partial charge in [0, 0.05) is 5.56 Å². The molecule has 0 saturated heterocycles. The fraction of sp³-hybridized carbons (Fsp3) is 0.250. The lowest BCUT2D eigenvalue weighted by Gasteiger charge is -1.99. The average molecular weight is 176 g/mol. The van der Waals surface area contributed by atoms with Crippen molar-refractivity contribution < 1.29 is 8.42 Å². The molecular formula is C4H8N4O2S. The molecule has 0 unspecified atom stereocenters. The smallest absolute Gasteiger partial charge is 0.262 e. The molecule has 0 radical (unpaired) electrons. The van der Waals surface area contributed by atoms with Gasteiger partial charge in [0.1, 0.15) is 5.82 Å². The molecule has 1 heterocycles. The van der Waals surface area contributed by atoms with E-state index in [9.17, 15) is 8.42 Å². The first-order valence-electron chi connectivity index (χ1n) is 2.79. The van der Waals surface area contributed by atoms with Gasteiger partial charge in [-0.2, -0.15) is 13.5 Å². The fourth-order valence-corrected chi connectivity index (χ4v) is 1.08. The van der Waals surface area contributed by atoms with E-state index in [2.05, 4.69) is 14.9 Å². The molecule has 0 atom stereocenters. The van der Waals surface area contributed by atoms with E-state index in [1.165, 1.54) is 6.20 Å². The van der Waals surface area contributed by atoms with Crippen LogP contribution in [0.15, 0.2) is 6.20 Å². The van der Waals surface area contributed by atoms with Crippen molar-refractivity contribution >= 4 is 16.0 Å². The number of nitrogens with zero attached hydrogens (tertiary/aromatic N) is 1. The van der Waals surface area contributed by atoms with Crippen molar-refractivity contribution in [2.45, 2.75) is 6.92 Å². The molecule has 0 aromatic carbocycles. The molecule has 0 aliphatic heterocycles. The summed E-state index contributed by atoms with van der Waals surface area (Å²) in [6.45, 7) is 1.71. The summed E-state index contributed by atoms with van der Waals surface area (Å²) in [4.78, 5) is 0. The highest BCUT2D eigenvalue weighted by molar-refractivity contribution is 7.90. The van der Waals surface area contributed by atoms with Crippen molar-refractivity contribution in [2.24, 2.45) is 5.14 Å². The summed E-state index contributed by atoms with van der Waals surface area (Å²) < 4.78 is 23.0. The van der Waals surface area contributed by atoms with Crippen LogP contribution >= 0.6 is 0 Å². The first-order valence-corrected chi connectivity index (χ1v) is 4.34. The highest BCUT2D eigenvalue weighted by atomic mass is 32.2. The van der Waals surface area contributed by atoms with E-state index >= 15 is 0 Å². The Labute approximate surface area is 64.0 Å². The van der Waals surface area contributed by atoms with Gasteiger partial charge in [-0.3, -0.25) is 9.82 Å². The maximum Gasteiger partial charge on any atom is 0.297 e. The molecule has 0 spiro atoms. The zero-order valence-corrected chi connectivity index (χ0v) is 6.64. The Kier molecular flexibility index (Phi) is 1.83. The molecule has 7 heteroatoms. The zero-order chi connectivity index (χ0) is 8.48. The lowest BCUT2D eigenvalue weighted by molar-refractivity contribution is 0.602. The van der Waals surface area contributed by atoms with Crippen LogP contribution in [0.2, 0.25) is 0 Å². The van der Waals surface area contributed by atoms with E-state index in [1.54, 1.807) is 6.92 Å². The van der Waals surface area contributed by atoms with Crippen LogP contribution in [0.25, 0.3) is 0 Å². The molecule has 11 heavy (non-hydrogen) atoms. The van der Waals surface area contributed by atoms with E-state index in [4.69, 9.17) is 5.14 Å². The Hall–Kier alpha value is -1.08. The van der Waals surface area contributed by atoms with Gasteiger partial charge in [0.15, 0.2) is 0 Å². The molecule has 0 aliphatic carbocycles. The molecule has 0 saturated carbocycles. The number of aryl methyl sites for hydroxylation is 1. The van der Waals surface area contributed by atoms with Gasteiger partial charge < -0.3 is 0 Å². The highest BCUT2D eigenvalue weighted by Gasteiger charge is 2.05. The van der Waals surface area contributed by atoms with Gasteiger partial charge in [0.25, 0.3) is 10.2 Å². The van der Waals surface area contributed by atoms with Gasteiger partial charge in [-0.1, -0.05) is 0 Å². The topological polar surface area (TPSA) is 101 Å². The Bertz CT molecular complexity index is 341. The lowest BCUT2D eigenvalue weighted by atomic mass is 10.4. The Balaban J connectivity index is 2.89. The minimum atomic E-state index is -3.69. The largest absolute Gasteiger partial charge is 0.297 e. The number of H-pyrrole nitrogens is 1. The summed E-state index contributed by atoms with van der Waals surface area (Å²) in [5, 5.41) is 10.7. The van der Waals surface area contributed by atoms with Crippen molar-refractivity contribution in [1.29, 1.82) is 0 Å². The number of nitrogens with one attached hydrogen (secondary N) is 2. The maximum absolute atomic E-state index is 10.5. The van der Waals surface area contributed by atoms with Crippen molar-refractivity contribution in [1.82, 2.24) is 10.2 Å². The van der Waals surface area contributed by atoms with Crippen LogP contribution in [0.4, 0.5) is 5.82 Å². The third kappa shape index (κ3) is 2.20. The minimum Gasteiger partial charge on any atom is -0.262 e. The predicted octanol–water partition coefficient (Wildman–Crippen LogP) is -0.666. The summed E-state index contributed by atoms with van der Waals surface area (Å²) in [6, 6.07) is 0. The van der Waals surface area contributed by atoms with Crippen molar-refractivity contribution in [3.8, 4) is 0 Å². The summed E-state index contributed by atoms with van der Waals surface area (Å²) in [6.07, 6.45) is 1.49. The number of nitrogens with two attached hydrogens (primary N) is 1. The Morgan fingerprint density at radius 3 is 2.73 bits per heavy atom. The average Bonchev–Trinajstić information content (AvgIpc) is 2.12. The van der Waals surface area contributed by atoms with E-state index in [-0.39, 0.29) is 0 Å².